The number of fused-ring (bicyclic) bond motifs is 1. The zero-order valence-corrected chi connectivity index (χ0v) is 13.9. The molecule has 4 heteroatoms. The van der Waals surface area contributed by atoms with Gasteiger partial charge in [0.15, 0.2) is 0 Å². The van der Waals surface area contributed by atoms with Gasteiger partial charge in [-0.25, -0.2) is 4.79 Å². The predicted molar refractivity (Wildman–Crippen MR) is 102 cm³/mol. The molecule has 4 rings (SSSR count). The molecule has 1 N–H and O–H groups in total. The highest BCUT2D eigenvalue weighted by Crippen LogP contribution is 2.25. The maximum atomic E-state index is 11.4. The van der Waals surface area contributed by atoms with Crippen LogP contribution in [0.5, 0.6) is 0 Å². The van der Waals surface area contributed by atoms with Gasteiger partial charge in [0.05, 0.1) is 16.8 Å². The number of terminal acetylenes is 1. The first-order valence-electron chi connectivity index (χ1n) is 7.96. The standard InChI is InChI=1S/C17H11NO2.C5H5N/c1-2-12-7-5-8-14(17(19)20)16(12)18-11-10-13-6-3-4-9-15(13)18;1-2-4-6-5-3-1/h1,3-11H,(H,19,20);1-5H. The lowest BCUT2D eigenvalue weighted by Gasteiger charge is -2.11. The summed E-state index contributed by atoms with van der Waals surface area (Å²) in [5.41, 5.74) is 2.22. The van der Waals surface area contributed by atoms with Crippen LogP contribution < -0.4 is 0 Å². The second kappa shape index (κ2) is 7.82. The van der Waals surface area contributed by atoms with E-state index in [-0.39, 0.29) is 5.56 Å². The number of benzene rings is 2. The molecule has 126 valence electrons. The summed E-state index contributed by atoms with van der Waals surface area (Å²) >= 11 is 0. The van der Waals surface area contributed by atoms with Crippen molar-refractivity contribution in [3.63, 3.8) is 0 Å². The average Bonchev–Trinajstić information content (AvgIpc) is 3.13. The molecule has 0 aliphatic carbocycles. The fraction of sp³-hybridized carbons (Fsp3) is 0. The molecule has 0 saturated heterocycles. The summed E-state index contributed by atoms with van der Waals surface area (Å²) in [4.78, 5) is 15.2. The van der Waals surface area contributed by atoms with Crippen molar-refractivity contribution in [2.24, 2.45) is 0 Å². The van der Waals surface area contributed by atoms with E-state index in [4.69, 9.17) is 6.42 Å². The van der Waals surface area contributed by atoms with Crippen LogP contribution >= 0.6 is 0 Å². The van der Waals surface area contributed by atoms with E-state index in [1.807, 2.05) is 59.3 Å². The number of hydrogen-bond donors (Lipinski definition) is 1. The maximum Gasteiger partial charge on any atom is 0.337 e. The molecular formula is C22H16N2O2. The van der Waals surface area contributed by atoms with E-state index < -0.39 is 5.97 Å². The van der Waals surface area contributed by atoms with Crippen LogP contribution in [0.3, 0.4) is 0 Å². The first kappa shape index (κ1) is 17.0. The van der Waals surface area contributed by atoms with Gasteiger partial charge in [-0.1, -0.05) is 36.3 Å². The fourth-order valence-electron chi connectivity index (χ4n) is 2.68. The van der Waals surface area contributed by atoms with Crippen molar-refractivity contribution in [3.05, 3.63) is 96.4 Å². The van der Waals surface area contributed by atoms with Crippen LogP contribution in [-0.4, -0.2) is 20.6 Å². The summed E-state index contributed by atoms with van der Waals surface area (Å²) in [6.07, 6.45) is 10.9. The van der Waals surface area contributed by atoms with E-state index in [0.29, 0.717) is 11.3 Å². The highest BCUT2D eigenvalue weighted by Gasteiger charge is 2.16. The van der Waals surface area contributed by atoms with E-state index in [1.54, 1.807) is 30.6 Å². The zero-order valence-electron chi connectivity index (χ0n) is 13.9. The third-order valence-corrected chi connectivity index (χ3v) is 3.83. The van der Waals surface area contributed by atoms with E-state index in [0.717, 1.165) is 10.9 Å². The van der Waals surface area contributed by atoms with Crippen molar-refractivity contribution in [1.82, 2.24) is 9.55 Å². The van der Waals surface area contributed by atoms with Crippen molar-refractivity contribution in [2.45, 2.75) is 0 Å². The van der Waals surface area contributed by atoms with Crippen molar-refractivity contribution >= 4 is 16.9 Å². The molecule has 0 amide bonds. The maximum absolute atomic E-state index is 11.4. The van der Waals surface area contributed by atoms with Gasteiger partial charge in [0, 0.05) is 24.2 Å². The smallest absolute Gasteiger partial charge is 0.337 e. The largest absolute Gasteiger partial charge is 0.478 e. The minimum Gasteiger partial charge on any atom is -0.478 e. The van der Waals surface area contributed by atoms with Crippen LogP contribution in [0.2, 0.25) is 0 Å². The highest BCUT2D eigenvalue weighted by atomic mass is 16.4. The summed E-state index contributed by atoms with van der Waals surface area (Å²) in [7, 11) is 0. The Morgan fingerprint density at radius 3 is 2.35 bits per heavy atom. The molecule has 26 heavy (non-hydrogen) atoms. The minimum absolute atomic E-state index is 0.196. The van der Waals surface area contributed by atoms with Crippen LogP contribution in [0.25, 0.3) is 16.6 Å². The van der Waals surface area contributed by atoms with Crippen LogP contribution in [-0.2, 0) is 0 Å². The molecule has 0 radical (unpaired) electrons. The monoisotopic (exact) mass is 340 g/mol. The van der Waals surface area contributed by atoms with Crippen LogP contribution in [0.1, 0.15) is 15.9 Å². The Morgan fingerprint density at radius 2 is 1.73 bits per heavy atom. The van der Waals surface area contributed by atoms with Crippen LogP contribution in [0, 0.1) is 12.3 Å². The predicted octanol–water partition coefficient (Wildman–Crippen LogP) is 4.39. The number of para-hydroxylation sites is 2. The quantitative estimate of drug-likeness (QED) is 0.551. The van der Waals surface area contributed by atoms with E-state index in [1.165, 1.54) is 0 Å². The number of carboxylic acids is 1. The topological polar surface area (TPSA) is 55.1 Å². The van der Waals surface area contributed by atoms with Crippen molar-refractivity contribution in [2.75, 3.05) is 0 Å². The first-order chi connectivity index (χ1) is 12.7. The molecule has 2 aromatic heterocycles. The Labute approximate surface area is 151 Å². The second-order valence-corrected chi connectivity index (χ2v) is 5.42. The third-order valence-electron chi connectivity index (χ3n) is 3.83. The zero-order chi connectivity index (χ0) is 18.4. The van der Waals surface area contributed by atoms with Gasteiger partial charge in [-0.2, -0.15) is 0 Å². The second-order valence-electron chi connectivity index (χ2n) is 5.42. The van der Waals surface area contributed by atoms with Gasteiger partial charge in [0.25, 0.3) is 0 Å². The molecule has 0 spiro atoms. The first-order valence-corrected chi connectivity index (χ1v) is 7.96. The van der Waals surface area contributed by atoms with E-state index in [2.05, 4.69) is 10.9 Å². The Morgan fingerprint density at radius 1 is 0.962 bits per heavy atom. The Kier molecular flexibility index (Phi) is 5.11. The van der Waals surface area contributed by atoms with Crippen molar-refractivity contribution in [3.8, 4) is 18.0 Å². The molecule has 2 heterocycles. The Hall–Kier alpha value is -3.84. The number of pyridine rings is 1. The number of carboxylic acid groups (broad SMARTS) is 1. The van der Waals surface area contributed by atoms with Crippen molar-refractivity contribution < 1.29 is 9.90 Å². The van der Waals surface area contributed by atoms with Gasteiger partial charge in [-0.05, 0) is 41.8 Å². The highest BCUT2D eigenvalue weighted by molar-refractivity contribution is 5.95. The molecule has 0 fully saturated rings. The molecule has 0 atom stereocenters. The number of carbonyl (C=O) groups is 1. The van der Waals surface area contributed by atoms with Gasteiger partial charge in [0.2, 0.25) is 0 Å². The van der Waals surface area contributed by atoms with Crippen LogP contribution in [0.15, 0.2) is 85.3 Å². The van der Waals surface area contributed by atoms with E-state index >= 15 is 0 Å². The average molecular weight is 340 g/mol. The lowest BCUT2D eigenvalue weighted by Crippen LogP contribution is -2.06. The van der Waals surface area contributed by atoms with Crippen LogP contribution in [0.4, 0.5) is 0 Å². The fourth-order valence-corrected chi connectivity index (χ4v) is 2.68. The summed E-state index contributed by atoms with van der Waals surface area (Å²) in [5.74, 6) is 1.57. The van der Waals surface area contributed by atoms with Gasteiger partial charge in [0.1, 0.15) is 0 Å². The summed E-state index contributed by atoms with van der Waals surface area (Å²) in [6.45, 7) is 0. The number of aromatic nitrogens is 2. The van der Waals surface area contributed by atoms with Gasteiger partial charge < -0.3 is 9.67 Å². The molecule has 0 saturated carbocycles. The summed E-state index contributed by atoms with van der Waals surface area (Å²) < 4.78 is 1.83. The lowest BCUT2D eigenvalue weighted by atomic mass is 10.1. The normalized spacial score (nSPS) is 9.81. The van der Waals surface area contributed by atoms with Gasteiger partial charge in [-0.3, -0.25) is 4.98 Å². The molecule has 2 aromatic carbocycles. The van der Waals surface area contributed by atoms with Gasteiger partial charge in [-0.15, -0.1) is 6.42 Å². The molecular weight excluding hydrogens is 324 g/mol. The molecule has 0 aliphatic rings. The minimum atomic E-state index is -0.991. The Balaban J connectivity index is 0.000000278. The molecule has 0 bridgehead atoms. The van der Waals surface area contributed by atoms with Crippen molar-refractivity contribution in [1.29, 1.82) is 0 Å². The number of nitrogens with zero attached hydrogens (tertiary/aromatic N) is 2. The Bertz CT molecular complexity index is 1050. The number of rotatable bonds is 2. The molecule has 0 aliphatic heterocycles. The summed E-state index contributed by atoms with van der Waals surface area (Å²) in [5, 5.41) is 10.4. The molecule has 4 nitrogen and oxygen atoms in total. The number of aromatic carboxylic acids is 1. The third kappa shape index (κ3) is 3.47. The lowest BCUT2D eigenvalue weighted by molar-refractivity contribution is 0.0697. The summed E-state index contributed by atoms with van der Waals surface area (Å²) in [6, 6.07) is 20.4. The molecule has 4 aromatic rings. The van der Waals surface area contributed by atoms with Gasteiger partial charge >= 0.3 is 5.97 Å². The van der Waals surface area contributed by atoms with E-state index in [9.17, 15) is 9.90 Å². The molecule has 0 unspecified atom stereocenters. The SMILES string of the molecule is C#Cc1cccc(C(=O)O)c1-n1ccc2ccccc21.c1ccncc1. The number of hydrogen-bond acceptors (Lipinski definition) is 2.